The molecule has 3 rings (SSSR count). The van der Waals surface area contributed by atoms with Crippen LogP contribution in [0, 0.1) is 6.92 Å². The Labute approximate surface area is 141 Å². The largest absolute Gasteiger partial charge is 0.338 e. The van der Waals surface area contributed by atoms with E-state index in [-0.39, 0.29) is 11.9 Å². The first-order chi connectivity index (χ1) is 10.9. The second kappa shape index (κ2) is 6.51. The van der Waals surface area contributed by atoms with Gasteiger partial charge in [-0.2, -0.15) is 4.31 Å². The smallest absolute Gasteiger partial charge is 0.253 e. The van der Waals surface area contributed by atoms with E-state index in [0.29, 0.717) is 30.3 Å². The highest BCUT2D eigenvalue weighted by atomic mass is 32.2. The molecular formula is C15H23N3O3S2. The summed E-state index contributed by atoms with van der Waals surface area (Å²) < 4.78 is 27.5. The molecule has 2 unspecified atom stereocenters. The lowest BCUT2D eigenvalue weighted by atomic mass is 10.1. The van der Waals surface area contributed by atoms with Gasteiger partial charge in [0.2, 0.25) is 5.91 Å². The molecule has 3 heterocycles. The van der Waals surface area contributed by atoms with E-state index in [1.165, 1.54) is 15.6 Å². The average Bonchev–Trinajstić information content (AvgIpc) is 3.15. The van der Waals surface area contributed by atoms with Gasteiger partial charge in [-0.25, -0.2) is 8.42 Å². The number of hydrogen-bond acceptors (Lipinski definition) is 5. The lowest BCUT2D eigenvalue weighted by Gasteiger charge is -2.35. The van der Waals surface area contributed by atoms with Crippen molar-refractivity contribution >= 4 is 27.3 Å². The molecule has 0 spiro atoms. The first-order valence-electron chi connectivity index (χ1n) is 8.00. The molecule has 128 valence electrons. The van der Waals surface area contributed by atoms with Crippen molar-refractivity contribution in [3.8, 4) is 0 Å². The normalized spacial score (nSPS) is 26.6. The fourth-order valence-electron chi connectivity index (χ4n) is 3.28. The van der Waals surface area contributed by atoms with Gasteiger partial charge in [-0.15, -0.1) is 11.3 Å². The van der Waals surface area contributed by atoms with Gasteiger partial charge < -0.3 is 10.2 Å². The van der Waals surface area contributed by atoms with E-state index in [1.807, 2.05) is 19.9 Å². The number of thiophene rings is 1. The van der Waals surface area contributed by atoms with Crippen molar-refractivity contribution < 1.29 is 13.2 Å². The Bertz CT molecular complexity index is 686. The lowest BCUT2D eigenvalue weighted by Crippen LogP contribution is -2.56. The maximum atomic E-state index is 12.9. The highest BCUT2D eigenvalue weighted by molar-refractivity contribution is 7.91. The van der Waals surface area contributed by atoms with E-state index in [9.17, 15) is 13.2 Å². The summed E-state index contributed by atoms with van der Waals surface area (Å²) in [5.41, 5.74) is 0. The van der Waals surface area contributed by atoms with Crippen LogP contribution in [0.1, 0.15) is 24.6 Å². The lowest BCUT2D eigenvalue weighted by molar-refractivity contribution is -0.135. The van der Waals surface area contributed by atoms with Crippen LogP contribution in [0.2, 0.25) is 0 Å². The first kappa shape index (κ1) is 16.9. The molecule has 8 heteroatoms. The van der Waals surface area contributed by atoms with Crippen LogP contribution in [0.4, 0.5) is 0 Å². The molecule has 1 aromatic rings. The zero-order valence-corrected chi connectivity index (χ0v) is 15.1. The van der Waals surface area contributed by atoms with Gasteiger partial charge in [0.1, 0.15) is 10.3 Å². The molecule has 1 aromatic heterocycles. The Morgan fingerprint density at radius 2 is 2.13 bits per heavy atom. The Morgan fingerprint density at radius 1 is 1.35 bits per heavy atom. The summed E-state index contributed by atoms with van der Waals surface area (Å²) in [5, 5.41) is 3.30. The number of nitrogens with one attached hydrogen (secondary N) is 1. The zero-order chi connectivity index (χ0) is 16.6. The van der Waals surface area contributed by atoms with Crippen LogP contribution >= 0.6 is 11.3 Å². The molecule has 0 saturated carbocycles. The van der Waals surface area contributed by atoms with Gasteiger partial charge in [0.05, 0.1) is 0 Å². The molecule has 2 aliphatic heterocycles. The Hall–Kier alpha value is -0.960. The van der Waals surface area contributed by atoms with Crippen molar-refractivity contribution in [1.29, 1.82) is 0 Å². The molecule has 2 atom stereocenters. The topological polar surface area (TPSA) is 69.7 Å². The summed E-state index contributed by atoms with van der Waals surface area (Å²) in [4.78, 5) is 15.6. The Balaban J connectivity index is 1.81. The summed E-state index contributed by atoms with van der Waals surface area (Å²) >= 11 is 1.27. The van der Waals surface area contributed by atoms with Gasteiger partial charge in [-0.1, -0.05) is 0 Å². The summed E-state index contributed by atoms with van der Waals surface area (Å²) in [6.45, 7) is 6.40. The van der Waals surface area contributed by atoms with E-state index in [2.05, 4.69) is 5.32 Å². The van der Waals surface area contributed by atoms with Crippen LogP contribution in [-0.2, 0) is 14.8 Å². The molecule has 6 nitrogen and oxygen atoms in total. The minimum absolute atomic E-state index is 0.0484. The first-order valence-corrected chi connectivity index (χ1v) is 10.3. The molecule has 0 bridgehead atoms. The van der Waals surface area contributed by atoms with Crippen molar-refractivity contribution in [1.82, 2.24) is 14.5 Å². The third-order valence-electron chi connectivity index (χ3n) is 4.45. The van der Waals surface area contributed by atoms with Gasteiger partial charge in [-0.3, -0.25) is 4.79 Å². The highest BCUT2D eigenvalue weighted by Gasteiger charge is 2.42. The van der Waals surface area contributed by atoms with Crippen molar-refractivity contribution in [2.45, 2.75) is 43.0 Å². The van der Waals surface area contributed by atoms with Crippen LogP contribution in [-0.4, -0.2) is 61.8 Å². The predicted octanol–water partition coefficient (Wildman–Crippen LogP) is 1.03. The summed E-state index contributed by atoms with van der Waals surface area (Å²) in [6.07, 6.45) is 1.35. The second-order valence-corrected chi connectivity index (χ2v) is 9.68. The molecule has 2 aliphatic rings. The summed E-state index contributed by atoms with van der Waals surface area (Å²) in [7, 11) is -3.58. The number of sulfonamides is 1. The van der Waals surface area contributed by atoms with E-state index >= 15 is 0 Å². The third kappa shape index (κ3) is 3.31. The van der Waals surface area contributed by atoms with Crippen LogP contribution in [0.5, 0.6) is 0 Å². The summed E-state index contributed by atoms with van der Waals surface area (Å²) in [6, 6.07) is 3.15. The number of aryl methyl sites for hydroxylation is 1. The van der Waals surface area contributed by atoms with Gasteiger partial charge in [-0.05, 0) is 38.8 Å². The Morgan fingerprint density at radius 3 is 2.78 bits per heavy atom. The number of carbonyl (C=O) groups excluding carboxylic acids is 1. The molecule has 0 radical (unpaired) electrons. The monoisotopic (exact) mass is 357 g/mol. The second-order valence-electron chi connectivity index (χ2n) is 6.28. The van der Waals surface area contributed by atoms with E-state index in [4.69, 9.17) is 0 Å². The van der Waals surface area contributed by atoms with Crippen LogP contribution in [0.3, 0.4) is 0 Å². The number of nitrogens with zero attached hydrogens (tertiary/aromatic N) is 2. The predicted molar refractivity (Wildman–Crippen MR) is 90.0 cm³/mol. The minimum atomic E-state index is -3.58. The van der Waals surface area contributed by atoms with E-state index < -0.39 is 16.1 Å². The molecule has 1 N–H and O–H groups in total. The quantitative estimate of drug-likeness (QED) is 0.877. The molecule has 0 aromatic carbocycles. The average molecular weight is 358 g/mol. The third-order valence-corrected chi connectivity index (χ3v) is 7.82. The highest BCUT2D eigenvalue weighted by Crippen LogP contribution is 2.31. The van der Waals surface area contributed by atoms with Crippen LogP contribution in [0.25, 0.3) is 0 Å². The molecule has 2 fully saturated rings. The van der Waals surface area contributed by atoms with E-state index in [1.54, 1.807) is 11.0 Å². The van der Waals surface area contributed by atoms with Crippen molar-refractivity contribution in [2.75, 3.05) is 26.2 Å². The number of piperazine rings is 1. The zero-order valence-electron chi connectivity index (χ0n) is 13.5. The molecule has 0 aliphatic carbocycles. The van der Waals surface area contributed by atoms with Crippen molar-refractivity contribution in [3.05, 3.63) is 17.0 Å². The number of carbonyl (C=O) groups is 1. The fourth-order valence-corrected chi connectivity index (χ4v) is 6.35. The maximum Gasteiger partial charge on any atom is 0.253 e. The molecule has 1 amide bonds. The van der Waals surface area contributed by atoms with Crippen molar-refractivity contribution in [3.63, 3.8) is 0 Å². The Kier molecular flexibility index (Phi) is 4.78. The molecular weight excluding hydrogens is 334 g/mol. The van der Waals surface area contributed by atoms with Crippen molar-refractivity contribution in [2.24, 2.45) is 0 Å². The van der Waals surface area contributed by atoms with Gasteiger partial charge >= 0.3 is 0 Å². The summed E-state index contributed by atoms with van der Waals surface area (Å²) in [5.74, 6) is -0.0484. The fraction of sp³-hybridized carbons (Fsp3) is 0.667. The van der Waals surface area contributed by atoms with Crippen LogP contribution in [0.15, 0.2) is 16.3 Å². The molecule has 23 heavy (non-hydrogen) atoms. The van der Waals surface area contributed by atoms with Gasteiger partial charge in [0.15, 0.2) is 0 Å². The van der Waals surface area contributed by atoms with Gasteiger partial charge in [0, 0.05) is 37.1 Å². The molecule has 2 saturated heterocycles. The van der Waals surface area contributed by atoms with Crippen LogP contribution < -0.4 is 5.32 Å². The minimum Gasteiger partial charge on any atom is -0.338 e. The number of amides is 1. The maximum absolute atomic E-state index is 12.9. The van der Waals surface area contributed by atoms with Gasteiger partial charge in [0.25, 0.3) is 10.0 Å². The number of rotatable bonds is 3. The SMILES string of the molecule is Cc1ccc(S(=O)(=O)N2CCCC2C(=O)N2CCNC(C)C2)s1. The standard InChI is InChI=1S/C15H23N3O3S2/c1-11-10-17(9-7-16-11)15(19)13-4-3-8-18(13)23(20,21)14-6-5-12(2)22-14/h5-6,11,13,16H,3-4,7-10H2,1-2H3. The van der Waals surface area contributed by atoms with E-state index in [0.717, 1.165) is 17.8 Å². The number of hydrogen-bond donors (Lipinski definition) is 1.